The molecule has 0 aliphatic heterocycles. The fourth-order valence-corrected chi connectivity index (χ4v) is 1.43. The maximum Gasteiger partial charge on any atom is 0.416 e. The number of ether oxygens (including phenoxy) is 1. The Bertz CT molecular complexity index is 540. The Kier molecular flexibility index (Phi) is 3.43. The van der Waals surface area contributed by atoms with Crippen molar-refractivity contribution in [2.75, 3.05) is 0 Å². The number of hydrogen-bond acceptors (Lipinski definition) is 2. The molecule has 0 spiro atoms. The third-order valence-corrected chi connectivity index (χ3v) is 2.41. The molecule has 1 aromatic carbocycles. The molecular formula is C12H7ClF3NO. The fourth-order valence-electron chi connectivity index (χ4n) is 1.27. The number of pyridine rings is 1. The highest BCUT2D eigenvalue weighted by molar-refractivity contribution is 6.31. The maximum atomic E-state index is 12.3. The second kappa shape index (κ2) is 4.86. The Morgan fingerprint density at radius 3 is 2.28 bits per heavy atom. The molecule has 6 heteroatoms. The van der Waals surface area contributed by atoms with Gasteiger partial charge in [-0.05, 0) is 36.4 Å². The van der Waals surface area contributed by atoms with Gasteiger partial charge in [0, 0.05) is 6.20 Å². The Balaban J connectivity index is 2.19. The first-order valence-electron chi connectivity index (χ1n) is 4.92. The molecule has 1 aromatic heterocycles. The zero-order valence-electron chi connectivity index (χ0n) is 8.91. The van der Waals surface area contributed by atoms with Gasteiger partial charge in [-0.3, -0.25) is 0 Å². The van der Waals surface area contributed by atoms with Crippen molar-refractivity contribution in [2.45, 2.75) is 6.18 Å². The van der Waals surface area contributed by atoms with E-state index in [4.69, 9.17) is 16.3 Å². The number of alkyl halides is 3. The average molecular weight is 274 g/mol. The van der Waals surface area contributed by atoms with Gasteiger partial charge in [-0.15, -0.1) is 0 Å². The maximum absolute atomic E-state index is 12.3. The average Bonchev–Trinajstić information content (AvgIpc) is 2.32. The van der Waals surface area contributed by atoms with Crippen LogP contribution in [0.2, 0.25) is 5.02 Å². The molecule has 0 aliphatic carbocycles. The van der Waals surface area contributed by atoms with Gasteiger partial charge in [0.05, 0.1) is 5.56 Å². The number of halogens is 4. The van der Waals surface area contributed by atoms with E-state index in [0.29, 0.717) is 0 Å². The Morgan fingerprint density at radius 2 is 1.72 bits per heavy atom. The molecule has 0 bridgehead atoms. The van der Waals surface area contributed by atoms with Crippen LogP contribution in [0.15, 0.2) is 42.6 Å². The van der Waals surface area contributed by atoms with E-state index < -0.39 is 11.7 Å². The molecule has 0 N–H and O–H groups in total. The summed E-state index contributed by atoms with van der Waals surface area (Å²) in [6.45, 7) is 0. The number of rotatable bonds is 2. The lowest BCUT2D eigenvalue weighted by Gasteiger charge is -2.08. The van der Waals surface area contributed by atoms with Crippen molar-refractivity contribution in [1.82, 2.24) is 4.98 Å². The SMILES string of the molecule is FC(F)(F)c1ccc(Oc2ncccc2Cl)cc1. The minimum Gasteiger partial charge on any atom is -0.438 e. The standard InChI is InChI=1S/C12H7ClF3NO/c13-10-2-1-7-17-11(10)18-9-5-3-8(4-6-9)12(14,15)16/h1-7H. The van der Waals surface area contributed by atoms with E-state index in [0.717, 1.165) is 12.1 Å². The summed E-state index contributed by atoms with van der Waals surface area (Å²) in [5.41, 5.74) is -0.734. The van der Waals surface area contributed by atoms with Crippen LogP contribution in [0.4, 0.5) is 13.2 Å². The zero-order valence-corrected chi connectivity index (χ0v) is 9.66. The number of aromatic nitrogens is 1. The normalized spacial score (nSPS) is 11.3. The summed E-state index contributed by atoms with van der Waals surface area (Å²) < 4.78 is 42.3. The van der Waals surface area contributed by atoms with E-state index in [-0.39, 0.29) is 16.7 Å². The summed E-state index contributed by atoms with van der Waals surface area (Å²) in [6.07, 6.45) is -2.88. The molecule has 1 heterocycles. The zero-order chi connectivity index (χ0) is 13.2. The molecule has 0 amide bonds. The summed E-state index contributed by atoms with van der Waals surface area (Å²) in [5.74, 6) is 0.391. The molecule has 2 aromatic rings. The van der Waals surface area contributed by atoms with Crippen LogP contribution in [0.5, 0.6) is 11.6 Å². The third-order valence-electron chi connectivity index (χ3n) is 2.12. The van der Waals surface area contributed by atoms with Gasteiger partial charge < -0.3 is 4.74 Å². The molecule has 0 unspecified atom stereocenters. The predicted octanol–water partition coefficient (Wildman–Crippen LogP) is 4.55. The Morgan fingerprint density at radius 1 is 1.06 bits per heavy atom. The number of nitrogens with zero attached hydrogens (tertiary/aromatic N) is 1. The van der Waals surface area contributed by atoms with Crippen molar-refractivity contribution in [1.29, 1.82) is 0 Å². The first-order valence-corrected chi connectivity index (χ1v) is 5.30. The van der Waals surface area contributed by atoms with E-state index >= 15 is 0 Å². The lowest BCUT2D eigenvalue weighted by Crippen LogP contribution is -2.04. The highest BCUT2D eigenvalue weighted by Gasteiger charge is 2.30. The summed E-state index contributed by atoms with van der Waals surface area (Å²) in [5, 5.41) is 0.289. The smallest absolute Gasteiger partial charge is 0.416 e. The van der Waals surface area contributed by atoms with Gasteiger partial charge >= 0.3 is 6.18 Å². The lowest BCUT2D eigenvalue weighted by atomic mass is 10.2. The van der Waals surface area contributed by atoms with Gasteiger partial charge in [-0.25, -0.2) is 4.98 Å². The minimum absolute atomic E-state index is 0.152. The molecule has 0 atom stereocenters. The van der Waals surface area contributed by atoms with E-state index in [9.17, 15) is 13.2 Å². The lowest BCUT2D eigenvalue weighted by molar-refractivity contribution is -0.137. The summed E-state index contributed by atoms with van der Waals surface area (Å²) in [6, 6.07) is 7.51. The predicted molar refractivity (Wildman–Crippen MR) is 60.8 cm³/mol. The van der Waals surface area contributed by atoms with E-state index in [1.165, 1.54) is 18.3 Å². The highest BCUT2D eigenvalue weighted by atomic mass is 35.5. The van der Waals surface area contributed by atoms with Gasteiger partial charge in [0.15, 0.2) is 0 Å². The molecule has 0 fully saturated rings. The molecular weight excluding hydrogens is 267 g/mol. The summed E-state index contributed by atoms with van der Waals surface area (Å²) in [4.78, 5) is 3.87. The molecule has 2 rings (SSSR count). The van der Waals surface area contributed by atoms with Crippen LogP contribution >= 0.6 is 11.6 Å². The first-order chi connectivity index (χ1) is 8.47. The minimum atomic E-state index is -4.36. The molecule has 2 nitrogen and oxygen atoms in total. The van der Waals surface area contributed by atoms with Gasteiger partial charge in [0.25, 0.3) is 0 Å². The monoisotopic (exact) mass is 273 g/mol. The summed E-state index contributed by atoms with van der Waals surface area (Å²) in [7, 11) is 0. The number of benzene rings is 1. The van der Waals surface area contributed by atoms with E-state index in [2.05, 4.69) is 4.98 Å². The second-order valence-corrected chi connectivity index (χ2v) is 3.82. The van der Waals surface area contributed by atoms with E-state index in [1.54, 1.807) is 12.1 Å². The Hall–Kier alpha value is -1.75. The van der Waals surface area contributed by atoms with Gasteiger partial charge in [-0.1, -0.05) is 11.6 Å². The van der Waals surface area contributed by atoms with Gasteiger partial charge in [-0.2, -0.15) is 13.2 Å². The van der Waals surface area contributed by atoms with E-state index in [1.807, 2.05) is 0 Å². The van der Waals surface area contributed by atoms with Crippen LogP contribution < -0.4 is 4.74 Å². The number of hydrogen-bond donors (Lipinski definition) is 0. The van der Waals surface area contributed by atoms with Crippen molar-refractivity contribution in [3.05, 3.63) is 53.2 Å². The van der Waals surface area contributed by atoms with Crippen LogP contribution in [-0.4, -0.2) is 4.98 Å². The van der Waals surface area contributed by atoms with Crippen LogP contribution in [-0.2, 0) is 6.18 Å². The summed E-state index contributed by atoms with van der Waals surface area (Å²) >= 11 is 5.81. The molecule has 0 saturated carbocycles. The molecule has 0 saturated heterocycles. The topological polar surface area (TPSA) is 22.1 Å². The molecule has 94 valence electrons. The van der Waals surface area contributed by atoms with Crippen LogP contribution in [0.25, 0.3) is 0 Å². The van der Waals surface area contributed by atoms with Crippen molar-refractivity contribution >= 4 is 11.6 Å². The van der Waals surface area contributed by atoms with Crippen molar-refractivity contribution < 1.29 is 17.9 Å². The van der Waals surface area contributed by atoms with Crippen LogP contribution in [0.1, 0.15) is 5.56 Å². The third kappa shape index (κ3) is 2.92. The van der Waals surface area contributed by atoms with Crippen molar-refractivity contribution in [3.63, 3.8) is 0 Å². The Labute approximate surface area is 106 Å². The fraction of sp³-hybridized carbons (Fsp3) is 0.0833. The quantitative estimate of drug-likeness (QED) is 0.801. The second-order valence-electron chi connectivity index (χ2n) is 3.41. The highest BCUT2D eigenvalue weighted by Crippen LogP contribution is 2.32. The molecule has 18 heavy (non-hydrogen) atoms. The largest absolute Gasteiger partial charge is 0.438 e. The molecule has 0 radical (unpaired) electrons. The van der Waals surface area contributed by atoms with Crippen LogP contribution in [0.3, 0.4) is 0 Å². The molecule has 0 aliphatic rings. The van der Waals surface area contributed by atoms with Crippen LogP contribution in [0, 0.1) is 0 Å². The first kappa shape index (κ1) is 12.7. The van der Waals surface area contributed by atoms with Gasteiger partial charge in [0.2, 0.25) is 5.88 Å². The van der Waals surface area contributed by atoms with Crippen molar-refractivity contribution in [3.8, 4) is 11.6 Å². The van der Waals surface area contributed by atoms with Crippen molar-refractivity contribution in [2.24, 2.45) is 0 Å². The van der Waals surface area contributed by atoms with Gasteiger partial charge in [0.1, 0.15) is 10.8 Å².